The monoisotopic (exact) mass is 522 g/mol. The molecule has 0 aliphatic rings. The van der Waals surface area contributed by atoms with Gasteiger partial charge in [-0.1, -0.05) is 53.5 Å². The van der Waals surface area contributed by atoms with Gasteiger partial charge in [0.25, 0.3) is 5.91 Å². The van der Waals surface area contributed by atoms with Crippen LogP contribution >= 0.6 is 35.6 Å². The molecule has 1 amide bonds. The maximum absolute atomic E-state index is 12.8. The number of likely N-dealkylation sites (N-methyl/N-ethyl adjacent to an activating group) is 1. The molecule has 1 atom stereocenters. The van der Waals surface area contributed by atoms with Crippen LogP contribution in [0.15, 0.2) is 36.4 Å². The lowest BCUT2D eigenvalue weighted by Crippen LogP contribution is -2.43. The van der Waals surface area contributed by atoms with Crippen molar-refractivity contribution in [1.82, 2.24) is 10.6 Å². The fraction of sp³-hybridized carbons (Fsp3) is 0.364. The number of halogens is 3. The van der Waals surface area contributed by atoms with Gasteiger partial charge in [-0.2, -0.15) is 0 Å². The van der Waals surface area contributed by atoms with Crippen molar-refractivity contribution in [3.05, 3.63) is 57.6 Å². The van der Waals surface area contributed by atoms with Crippen LogP contribution in [0.5, 0.6) is 11.5 Å². The van der Waals surface area contributed by atoms with Gasteiger partial charge in [-0.25, -0.2) is 4.79 Å². The van der Waals surface area contributed by atoms with E-state index in [-0.39, 0.29) is 54.8 Å². The van der Waals surface area contributed by atoms with E-state index in [1.54, 1.807) is 0 Å². The number of rotatable bonds is 12. The Bertz CT molecular complexity index is 921. The minimum atomic E-state index is -0.975. The molecule has 3 N–H and O–H groups in total. The molecule has 0 spiro atoms. The third-order valence-electron chi connectivity index (χ3n) is 4.44. The molecule has 0 radical (unpaired) electrons. The van der Waals surface area contributed by atoms with Gasteiger partial charge < -0.3 is 30.0 Å². The molecule has 2 aromatic rings. The number of hydrogen-bond acceptors (Lipinski definition) is 7. The summed E-state index contributed by atoms with van der Waals surface area (Å²) in [4.78, 5) is 25.0. The van der Waals surface area contributed by atoms with Crippen molar-refractivity contribution in [3.63, 3.8) is 0 Å². The fourth-order valence-corrected chi connectivity index (χ4v) is 3.36. The number of phenols is 1. The van der Waals surface area contributed by atoms with Crippen molar-refractivity contribution in [1.29, 1.82) is 0 Å². The molecule has 2 aromatic carbocycles. The van der Waals surface area contributed by atoms with E-state index >= 15 is 0 Å². The number of phenolic OH excluding ortho intramolecular Hbond substituents is 1. The lowest BCUT2D eigenvalue weighted by Gasteiger charge is -2.18. The van der Waals surface area contributed by atoms with Gasteiger partial charge in [0.15, 0.2) is 11.5 Å². The van der Waals surface area contributed by atoms with Crippen molar-refractivity contribution in [2.45, 2.75) is 12.5 Å². The zero-order valence-corrected chi connectivity index (χ0v) is 20.6. The van der Waals surface area contributed by atoms with Crippen LogP contribution in [0.1, 0.15) is 17.3 Å². The SMILES string of the molecule is CNCCOCCOc1c(Cl)cc(C(=O)N[C@@H](Cc2ccccc2)C(=O)OC)c(O)c1Cl.Cl.[HH]. The molecule has 33 heavy (non-hydrogen) atoms. The van der Waals surface area contributed by atoms with E-state index in [4.69, 9.17) is 37.4 Å². The van der Waals surface area contributed by atoms with Crippen LogP contribution < -0.4 is 15.4 Å². The quantitative estimate of drug-likeness (QED) is 0.289. The standard InChI is InChI=1S/C22H26Cl2N2O6.ClH.H2/c1-25-8-9-31-10-11-32-20-16(23)13-15(19(27)18(20)24)21(28)26-17(22(29)30-2)12-14-6-4-3-5-7-14;;/h3-7,13,17,25,27H,8-12H2,1-2H3,(H,26,28);2*1H/t17-;;/m0../s1. The Kier molecular flexibility index (Phi) is 12.9. The van der Waals surface area contributed by atoms with Gasteiger partial charge in [0, 0.05) is 14.4 Å². The molecule has 0 aliphatic heterocycles. The van der Waals surface area contributed by atoms with Crippen LogP contribution in [0.2, 0.25) is 10.0 Å². The summed E-state index contributed by atoms with van der Waals surface area (Å²) in [6.07, 6.45) is 0.205. The van der Waals surface area contributed by atoms with Gasteiger partial charge in [-0.05, 0) is 18.7 Å². The highest BCUT2D eigenvalue weighted by atomic mass is 35.5. The summed E-state index contributed by atoms with van der Waals surface area (Å²) < 4.78 is 15.6. The van der Waals surface area contributed by atoms with Gasteiger partial charge in [-0.3, -0.25) is 4.79 Å². The Balaban J connectivity index is 0.00000544. The average molecular weight is 524 g/mol. The highest BCUT2D eigenvalue weighted by Gasteiger charge is 2.26. The maximum atomic E-state index is 12.8. The minimum Gasteiger partial charge on any atom is -0.505 e. The second-order valence-electron chi connectivity index (χ2n) is 6.70. The van der Waals surface area contributed by atoms with Crippen molar-refractivity contribution in [2.24, 2.45) is 0 Å². The summed E-state index contributed by atoms with van der Waals surface area (Å²) in [5.74, 6) is -1.84. The van der Waals surface area contributed by atoms with E-state index in [1.807, 2.05) is 37.4 Å². The molecule has 2 rings (SSSR count). The van der Waals surface area contributed by atoms with E-state index in [0.717, 1.165) is 5.56 Å². The Morgan fingerprint density at radius 3 is 2.48 bits per heavy atom. The second kappa shape index (κ2) is 14.8. The summed E-state index contributed by atoms with van der Waals surface area (Å²) in [6.45, 7) is 1.65. The average Bonchev–Trinajstić information content (AvgIpc) is 2.80. The van der Waals surface area contributed by atoms with E-state index in [2.05, 4.69) is 10.6 Å². The number of benzene rings is 2. The maximum Gasteiger partial charge on any atom is 0.328 e. The first-order valence-corrected chi connectivity index (χ1v) is 10.6. The molecule has 0 bridgehead atoms. The van der Waals surface area contributed by atoms with E-state index in [1.165, 1.54) is 13.2 Å². The molecule has 0 saturated heterocycles. The molecule has 184 valence electrons. The number of hydrogen-bond donors (Lipinski definition) is 3. The number of carbonyl (C=O) groups is 2. The predicted octanol–water partition coefficient (Wildman–Crippen LogP) is 3.50. The predicted molar refractivity (Wildman–Crippen MR) is 131 cm³/mol. The number of carbonyl (C=O) groups excluding carboxylic acids is 2. The van der Waals surface area contributed by atoms with Crippen LogP contribution in [0.3, 0.4) is 0 Å². The highest BCUT2D eigenvalue weighted by molar-refractivity contribution is 6.39. The normalized spacial score (nSPS) is 11.3. The number of nitrogens with one attached hydrogen (secondary N) is 2. The Morgan fingerprint density at radius 1 is 1.15 bits per heavy atom. The largest absolute Gasteiger partial charge is 0.505 e. The molecule has 0 heterocycles. The topological polar surface area (TPSA) is 106 Å². The zero-order chi connectivity index (χ0) is 23.5. The Labute approximate surface area is 210 Å². The number of aromatic hydroxyl groups is 1. The first-order valence-electron chi connectivity index (χ1n) is 9.87. The zero-order valence-electron chi connectivity index (χ0n) is 18.2. The van der Waals surface area contributed by atoms with E-state index < -0.39 is 23.7 Å². The second-order valence-corrected chi connectivity index (χ2v) is 7.49. The highest BCUT2D eigenvalue weighted by Crippen LogP contribution is 2.42. The van der Waals surface area contributed by atoms with Crippen molar-refractivity contribution in [3.8, 4) is 11.5 Å². The van der Waals surface area contributed by atoms with Gasteiger partial charge in [0.05, 0.1) is 30.9 Å². The summed E-state index contributed by atoms with van der Waals surface area (Å²) in [5, 5.41) is 15.8. The molecule has 0 aliphatic carbocycles. The molecular weight excluding hydrogens is 495 g/mol. The molecule has 0 fully saturated rings. The number of esters is 1. The van der Waals surface area contributed by atoms with E-state index in [9.17, 15) is 14.7 Å². The molecule has 11 heteroatoms. The van der Waals surface area contributed by atoms with E-state index in [0.29, 0.717) is 13.2 Å². The molecule has 0 aromatic heterocycles. The van der Waals surface area contributed by atoms with Crippen molar-refractivity contribution >= 4 is 47.5 Å². The summed E-state index contributed by atoms with van der Waals surface area (Å²) in [6, 6.07) is 9.38. The molecule has 0 unspecified atom stereocenters. The van der Waals surface area contributed by atoms with Crippen molar-refractivity contribution in [2.75, 3.05) is 40.5 Å². The smallest absolute Gasteiger partial charge is 0.328 e. The third kappa shape index (κ3) is 8.57. The van der Waals surface area contributed by atoms with Crippen molar-refractivity contribution < 1.29 is 30.3 Å². The summed E-state index contributed by atoms with van der Waals surface area (Å²) in [7, 11) is 3.04. The van der Waals surface area contributed by atoms with Crippen LogP contribution in [0, 0.1) is 0 Å². The lowest BCUT2D eigenvalue weighted by atomic mass is 10.1. The Morgan fingerprint density at radius 2 is 1.85 bits per heavy atom. The first-order chi connectivity index (χ1) is 15.4. The first kappa shape index (κ1) is 28.8. The minimum absolute atomic E-state index is 0. The molecule has 8 nitrogen and oxygen atoms in total. The fourth-order valence-electron chi connectivity index (χ4n) is 2.80. The lowest BCUT2D eigenvalue weighted by molar-refractivity contribution is -0.142. The van der Waals surface area contributed by atoms with Crippen LogP contribution in [0.4, 0.5) is 0 Å². The van der Waals surface area contributed by atoms with Crippen LogP contribution in [-0.2, 0) is 20.7 Å². The van der Waals surface area contributed by atoms with Gasteiger partial charge >= 0.3 is 5.97 Å². The molecular formula is C22H29Cl3N2O6. The molecule has 0 saturated carbocycles. The van der Waals surface area contributed by atoms with Crippen LogP contribution in [0.25, 0.3) is 0 Å². The summed E-state index contributed by atoms with van der Waals surface area (Å²) in [5.41, 5.74) is 0.628. The third-order valence-corrected chi connectivity index (χ3v) is 5.07. The summed E-state index contributed by atoms with van der Waals surface area (Å²) >= 11 is 12.4. The number of amides is 1. The number of methoxy groups -OCH3 is 1. The number of ether oxygens (including phenoxy) is 3. The van der Waals surface area contributed by atoms with Crippen LogP contribution in [-0.4, -0.2) is 63.5 Å². The Hall–Kier alpha value is -2.23. The van der Waals surface area contributed by atoms with Gasteiger partial charge in [-0.15, -0.1) is 12.4 Å². The van der Waals surface area contributed by atoms with Gasteiger partial charge in [0.1, 0.15) is 17.7 Å². The van der Waals surface area contributed by atoms with Gasteiger partial charge in [0.2, 0.25) is 0 Å².